The van der Waals surface area contributed by atoms with Gasteiger partial charge in [-0.3, -0.25) is 9.96 Å². The lowest BCUT2D eigenvalue weighted by molar-refractivity contribution is -0.751. The summed E-state index contributed by atoms with van der Waals surface area (Å²) in [5.74, 6) is 0. The molecule has 0 unspecified atom stereocenters. The normalized spacial score (nSPS) is 11.0. The molecule has 1 rings (SSSR count). The van der Waals surface area contributed by atoms with E-state index in [9.17, 15) is 10.0 Å². The third-order valence-electron chi connectivity index (χ3n) is 1.51. The molecule has 70 valence electrons. The molecule has 1 aromatic carbocycles. The Balaban J connectivity index is 2.66. The molecule has 13 heavy (non-hydrogen) atoms. The topological polar surface area (TPSA) is 52.2 Å². The molecule has 0 saturated heterocycles. The van der Waals surface area contributed by atoms with Crippen molar-refractivity contribution in [2.45, 2.75) is 0 Å². The average Bonchev–Trinajstić information content (AvgIpc) is 2.04. The van der Waals surface area contributed by atoms with Gasteiger partial charge in [0.1, 0.15) is 0 Å². The number of nitrogens with zero attached hydrogens (tertiary/aromatic N) is 1. The average molecular weight is 180 g/mol. The summed E-state index contributed by atoms with van der Waals surface area (Å²) >= 11 is 0. The molecule has 1 aromatic rings. The second-order valence-corrected chi connectivity index (χ2v) is 3.15. The van der Waals surface area contributed by atoms with E-state index in [0.717, 1.165) is 0 Å². The quantitative estimate of drug-likeness (QED) is 0.529. The first-order chi connectivity index (χ1) is 6.00. The lowest BCUT2D eigenvalue weighted by Gasteiger charge is -2.29. The van der Waals surface area contributed by atoms with Gasteiger partial charge < -0.3 is 5.21 Å². The highest BCUT2D eigenvalue weighted by Gasteiger charge is 2.15. The number of hydrogen-bond donors (Lipinski definition) is 1. The number of anilines is 1. The maximum Gasteiger partial charge on any atom is 0.420 e. The standard InChI is InChI=1S/C9H12N2O2/c1-11(2,13)9(12)10-8-6-4-3-5-7-8/h3-7H,1-2H3,(H,10,12). The number of amides is 2. The zero-order valence-electron chi connectivity index (χ0n) is 7.65. The summed E-state index contributed by atoms with van der Waals surface area (Å²) in [6.07, 6.45) is 0. The summed E-state index contributed by atoms with van der Waals surface area (Å²) in [7, 11) is 2.55. The molecule has 0 aliphatic carbocycles. The number of para-hydroxylation sites is 1. The van der Waals surface area contributed by atoms with Crippen LogP contribution in [0, 0.1) is 5.21 Å². The Morgan fingerprint density at radius 2 is 1.85 bits per heavy atom. The fraction of sp³-hybridized carbons (Fsp3) is 0.222. The van der Waals surface area contributed by atoms with Crippen molar-refractivity contribution in [2.75, 3.05) is 19.4 Å². The molecule has 0 aliphatic heterocycles. The minimum absolute atomic E-state index is 0.578. The maximum atomic E-state index is 11.2. The Hall–Kier alpha value is -1.39. The van der Waals surface area contributed by atoms with E-state index in [1.165, 1.54) is 14.1 Å². The Labute approximate surface area is 77.0 Å². The smallest absolute Gasteiger partial charge is 0.420 e. The maximum absolute atomic E-state index is 11.2. The van der Waals surface area contributed by atoms with Gasteiger partial charge in [0.25, 0.3) is 0 Å². The number of urea groups is 1. The molecule has 0 fully saturated rings. The fourth-order valence-corrected chi connectivity index (χ4v) is 0.780. The van der Waals surface area contributed by atoms with E-state index >= 15 is 0 Å². The molecular formula is C9H12N2O2. The predicted molar refractivity (Wildman–Crippen MR) is 50.9 cm³/mol. The summed E-state index contributed by atoms with van der Waals surface area (Å²) in [6.45, 7) is 0. The van der Waals surface area contributed by atoms with Crippen LogP contribution in [-0.4, -0.2) is 24.8 Å². The summed E-state index contributed by atoms with van der Waals surface area (Å²) in [5.41, 5.74) is 0.634. The van der Waals surface area contributed by atoms with E-state index in [0.29, 0.717) is 5.69 Å². The first-order valence-corrected chi connectivity index (χ1v) is 3.92. The van der Waals surface area contributed by atoms with Crippen molar-refractivity contribution in [1.29, 1.82) is 0 Å². The molecule has 4 nitrogen and oxygen atoms in total. The highest BCUT2D eigenvalue weighted by molar-refractivity contribution is 5.83. The number of rotatable bonds is 1. The third kappa shape index (κ3) is 2.85. The van der Waals surface area contributed by atoms with Crippen LogP contribution in [0.2, 0.25) is 0 Å². The lowest BCUT2D eigenvalue weighted by atomic mass is 10.3. The van der Waals surface area contributed by atoms with E-state index in [4.69, 9.17) is 0 Å². The molecular weight excluding hydrogens is 168 g/mol. The van der Waals surface area contributed by atoms with Crippen LogP contribution in [0.4, 0.5) is 10.5 Å². The van der Waals surface area contributed by atoms with Crippen molar-refractivity contribution in [3.63, 3.8) is 0 Å². The third-order valence-corrected chi connectivity index (χ3v) is 1.51. The largest absolute Gasteiger partial charge is 0.624 e. The van der Waals surface area contributed by atoms with Gasteiger partial charge in [0.15, 0.2) is 0 Å². The van der Waals surface area contributed by atoms with Gasteiger partial charge in [-0.25, -0.2) is 4.79 Å². The zero-order valence-corrected chi connectivity index (χ0v) is 7.65. The highest BCUT2D eigenvalue weighted by atomic mass is 16.6. The number of benzene rings is 1. The minimum atomic E-state index is -0.977. The van der Waals surface area contributed by atoms with Gasteiger partial charge in [-0.1, -0.05) is 18.2 Å². The summed E-state index contributed by atoms with van der Waals surface area (Å²) < 4.78 is -0.977. The Bertz CT molecular complexity index is 290. The molecule has 0 aromatic heterocycles. The van der Waals surface area contributed by atoms with Crippen molar-refractivity contribution in [3.8, 4) is 0 Å². The van der Waals surface area contributed by atoms with Crippen molar-refractivity contribution >= 4 is 11.7 Å². The molecule has 4 heteroatoms. The highest BCUT2D eigenvalue weighted by Crippen LogP contribution is 2.07. The van der Waals surface area contributed by atoms with E-state index in [1.807, 2.05) is 6.07 Å². The molecule has 1 N–H and O–H groups in total. The van der Waals surface area contributed by atoms with Crippen LogP contribution in [0.3, 0.4) is 0 Å². The van der Waals surface area contributed by atoms with Crippen LogP contribution in [0.1, 0.15) is 0 Å². The van der Waals surface area contributed by atoms with Crippen LogP contribution in [0.15, 0.2) is 30.3 Å². The first kappa shape index (κ1) is 9.70. The van der Waals surface area contributed by atoms with Crippen LogP contribution >= 0.6 is 0 Å². The number of carbonyl (C=O) groups excluding carboxylic acids is 1. The Morgan fingerprint density at radius 1 is 1.31 bits per heavy atom. The van der Waals surface area contributed by atoms with Gasteiger partial charge in [0.2, 0.25) is 0 Å². The number of hydrogen-bond acceptors (Lipinski definition) is 2. The Morgan fingerprint density at radius 3 is 2.31 bits per heavy atom. The number of hydroxylamine groups is 3. The molecule has 0 radical (unpaired) electrons. The first-order valence-electron chi connectivity index (χ1n) is 3.92. The van der Waals surface area contributed by atoms with Crippen molar-refractivity contribution in [3.05, 3.63) is 35.5 Å². The SMILES string of the molecule is C[N+](C)([O-])C(=O)Nc1ccccc1. The number of quaternary nitrogens is 1. The molecule has 0 bridgehead atoms. The van der Waals surface area contributed by atoms with Crippen molar-refractivity contribution < 1.29 is 9.44 Å². The lowest BCUT2D eigenvalue weighted by Crippen LogP contribution is -2.42. The van der Waals surface area contributed by atoms with Gasteiger partial charge in [0.05, 0.1) is 14.1 Å². The molecule has 0 spiro atoms. The van der Waals surface area contributed by atoms with Crippen molar-refractivity contribution in [2.24, 2.45) is 0 Å². The molecule has 0 heterocycles. The van der Waals surface area contributed by atoms with E-state index in [2.05, 4.69) is 5.32 Å². The molecule has 0 atom stereocenters. The van der Waals surface area contributed by atoms with E-state index in [-0.39, 0.29) is 0 Å². The van der Waals surface area contributed by atoms with Gasteiger partial charge in [0, 0.05) is 5.69 Å². The van der Waals surface area contributed by atoms with Gasteiger partial charge in [-0.15, -0.1) is 0 Å². The fourth-order valence-electron chi connectivity index (χ4n) is 0.780. The zero-order chi connectivity index (χ0) is 9.90. The number of nitrogens with one attached hydrogen (secondary N) is 1. The second-order valence-electron chi connectivity index (χ2n) is 3.15. The van der Waals surface area contributed by atoms with E-state index < -0.39 is 10.7 Å². The van der Waals surface area contributed by atoms with Crippen LogP contribution in [0.25, 0.3) is 0 Å². The van der Waals surface area contributed by atoms with Crippen LogP contribution < -0.4 is 5.32 Å². The van der Waals surface area contributed by atoms with Gasteiger partial charge in [-0.2, -0.15) is 0 Å². The van der Waals surface area contributed by atoms with Crippen LogP contribution in [-0.2, 0) is 0 Å². The van der Waals surface area contributed by atoms with Gasteiger partial charge in [-0.05, 0) is 12.1 Å². The van der Waals surface area contributed by atoms with Crippen molar-refractivity contribution in [1.82, 2.24) is 0 Å². The summed E-state index contributed by atoms with van der Waals surface area (Å²) in [4.78, 5) is 11.2. The molecule has 2 amide bonds. The van der Waals surface area contributed by atoms with Gasteiger partial charge >= 0.3 is 6.03 Å². The monoisotopic (exact) mass is 180 g/mol. The molecule has 0 aliphatic rings. The predicted octanol–water partition coefficient (Wildman–Crippen LogP) is 1.79. The number of carbonyl (C=O) groups is 1. The Kier molecular flexibility index (Phi) is 2.65. The second kappa shape index (κ2) is 3.55. The molecule has 0 saturated carbocycles. The van der Waals surface area contributed by atoms with Crippen LogP contribution in [0.5, 0.6) is 0 Å². The summed E-state index contributed by atoms with van der Waals surface area (Å²) in [6, 6.07) is 8.31. The summed E-state index contributed by atoms with van der Waals surface area (Å²) in [5, 5.41) is 13.6. The van der Waals surface area contributed by atoms with E-state index in [1.54, 1.807) is 24.3 Å². The minimum Gasteiger partial charge on any atom is -0.624 e.